The highest BCUT2D eigenvalue weighted by Gasteiger charge is 2.20. The van der Waals surface area contributed by atoms with Gasteiger partial charge in [0.05, 0.1) is 19.2 Å². The van der Waals surface area contributed by atoms with Crippen LogP contribution in [0.2, 0.25) is 0 Å². The number of anilines is 1. The lowest BCUT2D eigenvalue weighted by atomic mass is 9.90. The van der Waals surface area contributed by atoms with Gasteiger partial charge in [0, 0.05) is 0 Å². The highest BCUT2D eigenvalue weighted by molar-refractivity contribution is 5.96. The van der Waals surface area contributed by atoms with Gasteiger partial charge in [-0.25, -0.2) is 0 Å². The van der Waals surface area contributed by atoms with E-state index in [2.05, 4.69) is 17.4 Å². The molecule has 2 aromatic carbocycles. The molecular formula is C23H27NO4. The molecule has 1 atom stereocenters. The Kier molecular flexibility index (Phi) is 6.34. The van der Waals surface area contributed by atoms with Crippen molar-refractivity contribution in [3.63, 3.8) is 0 Å². The minimum absolute atomic E-state index is 0.165. The molecule has 0 radical (unpaired) electrons. The first-order valence-electron chi connectivity index (χ1n) is 9.72. The van der Waals surface area contributed by atoms with E-state index in [1.807, 2.05) is 25.1 Å². The molecule has 0 unspecified atom stereocenters. The molecule has 0 bridgehead atoms. The van der Waals surface area contributed by atoms with Gasteiger partial charge in [0.15, 0.2) is 6.10 Å². The SMILES string of the molecule is COc1ccc(C)cc1NC(=O)[C@@H](C)OC(=O)Cc1ccc2c(c1)CCCC2. The smallest absolute Gasteiger partial charge is 0.311 e. The lowest BCUT2D eigenvalue weighted by Gasteiger charge is -2.17. The summed E-state index contributed by atoms with van der Waals surface area (Å²) in [5.41, 5.74) is 5.19. The van der Waals surface area contributed by atoms with Crippen LogP contribution < -0.4 is 10.1 Å². The van der Waals surface area contributed by atoms with Gasteiger partial charge in [0.2, 0.25) is 0 Å². The van der Waals surface area contributed by atoms with E-state index in [-0.39, 0.29) is 12.3 Å². The number of fused-ring (bicyclic) bond motifs is 1. The Morgan fingerprint density at radius 2 is 1.82 bits per heavy atom. The number of esters is 1. The van der Waals surface area contributed by atoms with Crippen LogP contribution in [0.4, 0.5) is 5.69 Å². The van der Waals surface area contributed by atoms with Gasteiger partial charge in [-0.3, -0.25) is 9.59 Å². The maximum Gasteiger partial charge on any atom is 0.311 e. The Labute approximate surface area is 166 Å². The maximum atomic E-state index is 12.4. The molecule has 0 aliphatic heterocycles. The zero-order valence-corrected chi connectivity index (χ0v) is 16.7. The number of benzene rings is 2. The molecule has 148 valence electrons. The highest BCUT2D eigenvalue weighted by atomic mass is 16.5. The Hall–Kier alpha value is -2.82. The van der Waals surface area contributed by atoms with Crippen molar-refractivity contribution in [3.05, 3.63) is 58.7 Å². The number of hydrogen-bond donors (Lipinski definition) is 1. The summed E-state index contributed by atoms with van der Waals surface area (Å²) < 4.78 is 10.6. The molecule has 1 amide bonds. The number of hydrogen-bond acceptors (Lipinski definition) is 4. The second-order valence-corrected chi connectivity index (χ2v) is 7.31. The molecule has 5 nitrogen and oxygen atoms in total. The molecule has 1 aliphatic rings. The van der Waals surface area contributed by atoms with Gasteiger partial charge in [-0.15, -0.1) is 0 Å². The zero-order chi connectivity index (χ0) is 20.1. The Balaban J connectivity index is 1.58. The normalized spacial score (nSPS) is 14.0. The van der Waals surface area contributed by atoms with Gasteiger partial charge in [0.1, 0.15) is 5.75 Å². The fourth-order valence-electron chi connectivity index (χ4n) is 3.51. The van der Waals surface area contributed by atoms with Crippen molar-refractivity contribution in [2.24, 2.45) is 0 Å². The van der Waals surface area contributed by atoms with Gasteiger partial charge in [-0.2, -0.15) is 0 Å². The third-order valence-electron chi connectivity index (χ3n) is 5.05. The van der Waals surface area contributed by atoms with Crippen LogP contribution in [-0.4, -0.2) is 25.1 Å². The number of nitrogens with one attached hydrogen (secondary N) is 1. The average Bonchev–Trinajstić information content (AvgIpc) is 2.68. The standard InChI is InChI=1S/C23H27NO4/c1-15-8-11-21(27-3)20(12-15)24-23(26)16(2)28-22(25)14-17-9-10-18-6-4-5-7-19(18)13-17/h8-13,16H,4-7,14H2,1-3H3,(H,24,26)/t16-/m1/s1. The van der Waals surface area contributed by atoms with Crippen molar-refractivity contribution in [2.45, 2.75) is 52.1 Å². The first kappa shape index (κ1) is 19.9. The van der Waals surface area contributed by atoms with Gasteiger partial charge in [-0.05, 0) is 73.9 Å². The van der Waals surface area contributed by atoms with E-state index in [0.29, 0.717) is 11.4 Å². The topological polar surface area (TPSA) is 64.6 Å². The van der Waals surface area contributed by atoms with Crippen molar-refractivity contribution >= 4 is 17.6 Å². The number of amides is 1. The maximum absolute atomic E-state index is 12.4. The molecule has 1 aliphatic carbocycles. The minimum atomic E-state index is -0.893. The molecular weight excluding hydrogens is 354 g/mol. The molecule has 0 saturated carbocycles. The van der Waals surface area contributed by atoms with Crippen LogP contribution in [0.25, 0.3) is 0 Å². The van der Waals surface area contributed by atoms with Crippen molar-refractivity contribution in [1.29, 1.82) is 0 Å². The summed E-state index contributed by atoms with van der Waals surface area (Å²) in [6.07, 6.45) is 3.87. The quantitative estimate of drug-likeness (QED) is 0.769. The molecule has 0 heterocycles. The first-order valence-corrected chi connectivity index (χ1v) is 9.72. The van der Waals surface area contributed by atoms with E-state index in [4.69, 9.17) is 9.47 Å². The molecule has 28 heavy (non-hydrogen) atoms. The van der Waals surface area contributed by atoms with Gasteiger partial charge in [0.25, 0.3) is 5.91 Å². The summed E-state index contributed by atoms with van der Waals surface area (Å²) in [6.45, 7) is 3.50. The van der Waals surface area contributed by atoms with Crippen molar-refractivity contribution in [3.8, 4) is 5.75 Å². The number of carbonyl (C=O) groups is 2. The van der Waals surface area contributed by atoms with Crippen molar-refractivity contribution < 1.29 is 19.1 Å². The number of aryl methyl sites for hydroxylation is 3. The van der Waals surface area contributed by atoms with Crippen LogP contribution in [0.3, 0.4) is 0 Å². The summed E-state index contributed by atoms with van der Waals surface area (Å²) >= 11 is 0. The Morgan fingerprint density at radius 1 is 1.07 bits per heavy atom. The van der Waals surface area contributed by atoms with E-state index >= 15 is 0 Å². The summed E-state index contributed by atoms with van der Waals surface area (Å²) in [5, 5.41) is 2.77. The van der Waals surface area contributed by atoms with E-state index in [9.17, 15) is 9.59 Å². The Morgan fingerprint density at radius 3 is 2.57 bits per heavy atom. The summed E-state index contributed by atoms with van der Waals surface area (Å²) in [4.78, 5) is 24.7. The van der Waals surface area contributed by atoms with Gasteiger partial charge < -0.3 is 14.8 Å². The van der Waals surface area contributed by atoms with E-state index in [0.717, 1.165) is 24.0 Å². The molecule has 1 N–H and O–H groups in total. The van der Waals surface area contributed by atoms with Crippen LogP contribution >= 0.6 is 0 Å². The molecule has 5 heteroatoms. The molecule has 0 spiro atoms. The summed E-state index contributed by atoms with van der Waals surface area (Å²) in [5.74, 6) is -0.233. The molecule has 3 rings (SSSR count). The van der Waals surface area contributed by atoms with E-state index in [1.165, 1.54) is 24.0 Å². The van der Waals surface area contributed by atoms with Crippen LogP contribution in [0, 0.1) is 6.92 Å². The zero-order valence-electron chi connectivity index (χ0n) is 16.7. The van der Waals surface area contributed by atoms with Gasteiger partial charge in [-0.1, -0.05) is 24.3 Å². The van der Waals surface area contributed by atoms with Crippen LogP contribution in [0.15, 0.2) is 36.4 Å². The molecule has 0 saturated heterocycles. The fraction of sp³-hybridized carbons (Fsp3) is 0.391. The predicted molar refractivity (Wildman–Crippen MR) is 109 cm³/mol. The lowest BCUT2D eigenvalue weighted by Crippen LogP contribution is -2.30. The number of rotatable bonds is 6. The number of ether oxygens (including phenoxy) is 2. The van der Waals surface area contributed by atoms with Crippen molar-refractivity contribution in [1.82, 2.24) is 0 Å². The molecule has 0 aromatic heterocycles. The highest BCUT2D eigenvalue weighted by Crippen LogP contribution is 2.26. The van der Waals surface area contributed by atoms with E-state index in [1.54, 1.807) is 20.1 Å². The monoisotopic (exact) mass is 381 g/mol. The number of methoxy groups -OCH3 is 1. The summed E-state index contributed by atoms with van der Waals surface area (Å²) in [7, 11) is 1.54. The Bertz CT molecular complexity index is 875. The second-order valence-electron chi connectivity index (χ2n) is 7.31. The molecule has 0 fully saturated rings. The third-order valence-corrected chi connectivity index (χ3v) is 5.05. The molecule has 2 aromatic rings. The summed E-state index contributed by atoms with van der Waals surface area (Å²) in [6, 6.07) is 11.7. The first-order chi connectivity index (χ1) is 13.5. The predicted octanol–water partition coefficient (Wildman–Crippen LogP) is 4.00. The lowest BCUT2D eigenvalue weighted by molar-refractivity contribution is -0.152. The van der Waals surface area contributed by atoms with Crippen molar-refractivity contribution in [2.75, 3.05) is 12.4 Å². The fourth-order valence-corrected chi connectivity index (χ4v) is 3.51. The van der Waals surface area contributed by atoms with Crippen LogP contribution in [-0.2, 0) is 33.6 Å². The second kappa shape index (κ2) is 8.91. The number of carbonyl (C=O) groups excluding carboxylic acids is 2. The van der Waals surface area contributed by atoms with E-state index < -0.39 is 12.1 Å². The van der Waals surface area contributed by atoms with Gasteiger partial charge >= 0.3 is 5.97 Å². The van der Waals surface area contributed by atoms with Crippen LogP contribution in [0.1, 0.15) is 42.0 Å². The minimum Gasteiger partial charge on any atom is -0.495 e. The largest absolute Gasteiger partial charge is 0.495 e. The van der Waals surface area contributed by atoms with Crippen LogP contribution in [0.5, 0.6) is 5.75 Å². The average molecular weight is 381 g/mol. The third kappa shape index (κ3) is 4.91.